The fraction of sp³-hybridized carbons (Fsp3) is 0.200. The van der Waals surface area contributed by atoms with Gasteiger partial charge in [0.1, 0.15) is 5.82 Å². The van der Waals surface area contributed by atoms with Crippen LogP contribution in [0.3, 0.4) is 0 Å². The summed E-state index contributed by atoms with van der Waals surface area (Å²) in [4.78, 5) is 28.6. The van der Waals surface area contributed by atoms with Crippen LogP contribution in [0.15, 0.2) is 70.3 Å². The molecule has 0 radical (unpaired) electrons. The second-order valence-corrected chi connectivity index (χ2v) is 11.1. The van der Waals surface area contributed by atoms with Gasteiger partial charge in [-0.2, -0.15) is 13.2 Å². The molecule has 1 unspecified atom stereocenters. The molecular weight excluding hydrogens is 707 g/mol. The number of halogens is 6. The van der Waals surface area contributed by atoms with E-state index < -0.39 is 29.8 Å². The van der Waals surface area contributed by atoms with E-state index in [0.29, 0.717) is 31.4 Å². The molecule has 218 valence electrons. The van der Waals surface area contributed by atoms with Crippen LogP contribution in [0, 0.1) is 0 Å². The minimum absolute atomic E-state index is 0.00468. The summed E-state index contributed by atoms with van der Waals surface area (Å²) in [5.74, 6) is -0.746. The van der Waals surface area contributed by atoms with Crippen LogP contribution in [-0.2, 0) is 15.7 Å². The number of carbonyl (C=O) groups excluding carboxylic acids is 2. The molecule has 4 aromatic rings. The van der Waals surface area contributed by atoms with Gasteiger partial charge >= 0.3 is 18.4 Å². The van der Waals surface area contributed by atoms with Crippen molar-refractivity contribution in [3.05, 3.63) is 103 Å². The van der Waals surface area contributed by atoms with Crippen LogP contribution in [0.2, 0.25) is 10.0 Å². The van der Waals surface area contributed by atoms with E-state index in [9.17, 15) is 22.8 Å². The molecule has 1 aliphatic rings. The molecule has 0 saturated heterocycles. The van der Waals surface area contributed by atoms with E-state index in [-0.39, 0.29) is 34.6 Å². The summed E-state index contributed by atoms with van der Waals surface area (Å²) in [6.07, 6.45) is -6.49. The number of allylic oxidation sites excluding steroid dienone is 1. The number of ether oxygens (including phenoxy) is 2. The van der Waals surface area contributed by atoms with Gasteiger partial charge in [-0.3, -0.25) is 0 Å². The highest BCUT2D eigenvalue weighted by atomic mass is 127. The van der Waals surface area contributed by atoms with Gasteiger partial charge in [0.2, 0.25) is 0 Å². The van der Waals surface area contributed by atoms with Crippen molar-refractivity contribution >= 4 is 80.4 Å². The minimum atomic E-state index is -4.70. The summed E-state index contributed by atoms with van der Waals surface area (Å²) < 4.78 is 54.1. The Morgan fingerprint density at radius 2 is 1.60 bits per heavy atom. The third-order valence-corrected chi connectivity index (χ3v) is 8.72. The average Bonchev–Trinajstić information content (AvgIpc) is 3.28. The maximum atomic E-state index is 13.9. The first-order valence-electron chi connectivity index (χ1n) is 12.8. The molecule has 3 aromatic carbocycles. The van der Waals surface area contributed by atoms with Crippen molar-refractivity contribution in [2.24, 2.45) is 0 Å². The van der Waals surface area contributed by atoms with Crippen LogP contribution in [0.4, 0.5) is 28.6 Å². The molecule has 0 saturated carbocycles. The molecule has 1 amide bonds. The lowest BCUT2D eigenvalue weighted by Gasteiger charge is -2.35. The highest BCUT2D eigenvalue weighted by Gasteiger charge is 2.44. The quantitative estimate of drug-likeness (QED) is 0.196. The Labute approximate surface area is 262 Å². The van der Waals surface area contributed by atoms with Gasteiger partial charge in [0.15, 0.2) is 0 Å². The van der Waals surface area contributed by atoms with Gasteiger partial charge in [-0.25, -0.2) is 19.1 Å². The highest BCUT2D eigenvalue weighted by molar-refractivity contribution is 14.1. The van der Waals surface area contributed by atoms with Crippen molar-refractivity contribution in [2.75, 3.05) is 18.1 Å². The maximum Gasteiger partial charge on any atom is 0.420 e. The largest absolute Gasteiger partial charge is 0.449 e. The molecular formula is C30H22Cl2F3IN2O4. The third-order valence-electron chi connectivity index (χ3n) is 6.75. The Morgan fingerprint density at radius 1 is 0.929 bits per heavy atom. The van der Waals surface area contributed by atoms with Gasteiger partial charge in [-0.15, -0.1) is 0 Å². The lowest BCUT2D eigenvalue weighted by molar-refractivity contribution is -0.137. The van der Waals surface area contributed by atoms with Crippen molar-refractivity contribution < 1.29 is 32.2 Å². The second kappa shape index (κ2) is 11.8. The molecule has 6 nitrogen and oxygen atoms in total. The predicted octanol–water partition coefficient (Wildman–Crippen LogP) is 9.88. The first kappa shape index (κ1) is 30.2. The van der Waals surface area contributed by atoms with Crippen molar-refractivity contribution in [3.63, 3.8) is 0 Å². The van der Waals surface area contributed by atoms with Crippen molar-refractivity contribution in [2.45, 2.75) is 25.9 Å². The summed E-state index contributed by atoms with van der Waals surface area (Å²) in [5.41, 5.74) is 0.807. The fourth-order valence-electron chi connectivity index (χ4n) is 5.09. The molecule has 2 heterocycles. The van der Waals surface area contributed by atoms with E-state index in [1.54, 1.807) is 62.4 Å². The minimum Gasteiger partial charge on any atom is -0.449 e. The van der Waals surface area contributed by atoms with E-state index in [1.165, 1.54) is 11.0 Å². The number of rotatable bonds is 4. The van der Waals surface area contributed by atoms with E-state index in [1.807, 2.05) is 0 Å². The first-order chi connectivity index (χ1) is 20.0. The average molecular weight is 729 g/mol. The maximum absolute atomic E-state index is 13.9. The van der Waals surface area contributed by atoms with Crippen molar-refractivity contribution in [1.82, 2.24) is 4.57 Å². The first-order valence-corrected chi connectivity index (χ1v) is 14.6. The van der Waals surface area contributed by atoms with Crippen molar-refractivity contribution in [1.29, 1.82) is 0 Å². The number of amides is 1. The molecule has 1 atom stereocenters. The Bertz CT molecular complexity index is 1740. The number of alkyl halides is 3. The Balaban J connectivity index is 2.00. The Hall–Kier alpha value is -3.22. The number of hydrogen-bond donors (Lipinski definition) is 0. The van der Waals surface area contributed by atoms with E-state index >= 15 is 0 Å². The van der Waals surface area contributed by atoms with Crippen LogP contribution in [-0.4, -0.2) is 30.0 Å². The van der Waals surface area contributed by atoms with Crippen LogP contribution in [0.25, 0.3) is 16.6 Å². The number of benzene rings is 3. The molecule has 0 fully saturated rings. The van der Waals surface area contributed by atoms with Gasteiger partial charge in [0.05, 0.1) is 40.0 Å². The summed E-state index contributed by atoms with van der Waals surface area (Å²) >= 11 is 15.3. The van der Waals surface area contributed by atoms with Gasteiger partial charge in [0.25, 0.3) is 0 Å². The summed E-state index contributed by atoms with van der Waals surface area (Å²) in [6, 6.07) is 17.1. The zero-order chi connectivity index (χ0) is 30.3. The molecule has 1 aliphatic heterocycles. The molecule has 0 aliphatic carbocycles. The van der Waals surface area contributed by atoms with Crippen LogP contribution < -0.4 is 4.90 Å². The van der Waals surface area contributed by atoms with E-state index in [2.05, 4.69) is 22.6 Å². The monoisotopic (exact) mass is 728 g/mol. The smallest absolute Gasteiger partial charge is 0.420 e. The third kappa shape index (κ3) is 5.13. The zero-order valence-electron chi connectivity index (χ0n) is 22.1. The molecule has 42 heavy (non-hydrogen) atoms. The number of fused-ring (bicyclic) bond motifs is 3. The molecule has 0 spiro atoms. The lowest BCUT2D eigenvalue weighted by Crippen LogP contribution is -2.37. The summed E-state index contributed by atoms with van der Waals surface area (Å²) in [6.45, 7) is 3.15. The van der Waals surface area contributed by atoms with Crippen LogP contribution >= 0.6 is 45.8 Å². The second-order valence-electron chi connectivity index (χ2n) is 9.17. The topological polar surface area (TPSA) is 60.8 Å². The normalized spacial score (nSPS) is 15.1. The molecule has 0 N–H and O–H groups in total. The Kier molecular flexibility index (Phi) is 8.51. The van der Waals surface area contributed by atoms with E-state index in [4.69, 9.17) is 32.7 Å². The standard InChI is InChI=1S/C30H22Cl2F3IN2O4/c1-3-41-28(39)37-21-15-17(30(33,34)35)13-14-18(21)23-22(19-11-8-12-20(31)24(19)32)25(36)26(16-9-6-5-7-10-16)38(27(23)37)29(40)42-4-2/h5-15,22H,3-4H2,1-2H3. The highest BCUT2D eigenvalue weighted by Crippen LogP contribution is 2.55. The lowest BCUT2D eigenvalue weighted by atomic mass is 9.85. The molecule has 0 bridgehead atoms. The molecule has 1 aromatic heterocycles. The number of aromatic nitrogens is 1. The summed E-state index contributed by atoms with van der Waals surface area (Å²) in [7, 11) is 0. The van der Waals surface area contributed by atoms with Crippen molar-refractivity contribution in [3.8, 4) is 0 Å². The summed E-state index contributed by atoms with van der Waals surface area (Å²) in [5, 5.41) is 0.787. The molecule has 12 heteroatoms. The van der Waals surface area contributed by atoms with Crippen LogP contribution in [0.1, 0.15) is 42.0 Å². The predicted molar refractivity (Wildman–Crippen MR) is 165 cm³/mol. The fourth-order valence-corrected chi connectivity index (χ4v) is 6.71. The SMILES string of the molecule is CCOC(=O)N1C(c2ccccc2)=C(I)C(c2cccc(Cl)c2Cl)c2c1n(C(=O)OCC)c1cc(C(F)(F)F)ccc21. The van der Waals surface area contributed by atoms with E-state index in [0.717, 1.165) is 16.7 Å². The molecule has 5 rings (SSSR count). The number of carbonyl (C=O) groups is 2. The Morgan fingerprint density at radius 3 is 2.24 bits per heavy atom. The van der Waals surface area contributed by atoms with Gasteiger partial charge in [-0.1, -0.05) is 71.7 Å². The van der Waals surface area contributed by atoms with Gasteiger partial charge in [0, 0.05) is 20.4 Å². The zero-order valence-corrected chi connectivity index (χ0v) is 25.8. The number of hydrogen-bond acceptors (Lipinski definition) is 4. The number of nitrogens with zero attached hydrogens (tertiary/aromatic N) is 2. The van der Waals surface area contributed by atoms with Crippen LogP contribution in [0.5, 0.6) is 0 Å². The van der Waals surface area contributed by atoms with Gasteiger partial charge in [-0.05, 0) is 65.8 Å². The number of anilines is 1. The van der Waals surface area contributed by atoms with Gasteiger partial charge < -0.3 is 9.47 Å².